The van der Waals surface area contributed by atoms with Gasteiger partial charge < -0.3 is 15.0 Å². The number of benzene rings is 2. The lowest BCUT2D eigenvalue weighted by Crippen LogP contribution is -2.35. The summed E-state index contributed by atoms with van der Waals surface area (Å²) in [6.07, 6.45) is 0. The smallest absolute Gasteiger partial charge is 0.251 e. The number of nitrogens with one attached hydrogen (secondary N) is 2. The van der Waals surface area contributed by atoms with Crippen LogP contribution in [0.25, 0.3) is 0 Å². The third-order valence-corrected chi connectivity index (χ3v) is 6.02. The first kappa shape index (κ1) is 21.9. The summed E-state index contributed by atoms with van der Waals surface area (Å²) < 4.78 is 31.5. The number of amides is 1. The molecule has 0 aromatic heterocycles. The second-order valence-corrected chi connectivity index (χ2v) is 8.53. The van der Waals surface area contributed by atoms with Crippen LogP contribution in [0.1, 0.15) is 27.5 Å². The zero-order chi connectivity index (χ0) is 20.9. The number of sulfonamides is 1. The number of carbonyl (C=O) groups is 1. The van der Waals surface area contributed by atoms with Gasteiger partial charge >= 0.3 is 0 Å². The van der Waals surface area contributed by atoms with Crippen molar-refractivity contribution in [2.75, 3.05) is 34.8 Å². The molecule has 0 spiro atoms. The quantitative estimate of drug-likeness (QED) is 0.701. The zero-order valence-corrected chi connectivity index (χ0v) is 17.6. The van der Waals surface area contributed by atoms with Crippen LogP contribution in [0.2, 0.25) is 0 Å². The minimum atomic E-state index is -3.62. The topological polar surface area (TPSA) is 87.7 Å². The fourth-order valence-electron chi connectivity index (χ4n) is 2.84. The van der Waals surface area contributed by atoms with Crippen molar-refractivity contribution in [3.63, 3.8) is 0 Å². The van der Waals surface area contributed by atoms with E-state index in [1.54, 1.807) is 20.1 Å². The minimum absolute atomic E-state index is 0.0422. The van der Waals surface area contributed by atoms with Crippen LogP contribution in [0.4, 0.5) is 0 Å². The van der Waals surface area contributed by atoms with E-state index < -0.39 is 10.0 Å². The fourth-order valence-corrected chi connectivity index (χ4v) is 3.60. The van der Waals surface area contributed by atoms with Gasteiger partial charge in [0.2, 0.25) is 10.0 Å². The molecule has 0 radical (unpaired) electrons. The third-order valence-electron chi connectivity index (χ3n) is 4.61. The first-order valence-corrected chi connectivity index (χ1v) is 10.3. The molecule has 2 aromatic rings. The zero-order valence-electron chi connectivity index (χ0n) is 16.8. The number of ether oxygens (including phenoxy) is 1. The van der Waals surface area contributed by atoms with Crippen molar-refractivity contribution in [2.45, 2.75) is 17.9 Å². The van der Waals surface area contributed by atoms with E-state index in [2.05, 4.69) is 10.0 Å². The number of likely N-dealkylation sites (N-methyl/N-ethyl adjacent to an activating group) is 1. The maximum atomic E-state index is 12.7. The molecule has 0 fully saturated rings. The predicted molar refractivity (Wildman–Crippen MR) is 109 cm³/mol. The Morgan fingerprint density at radius 3 is 2.32 bits per heavy atom. The molecule has 1 amide bonds. The second kappa shape index (κ2) is 9.18. The Morgan fingerprint density at radius 1 is 1.14 bits per heavy atom. The number of hydrogen-bond donors (Lipinski definition) is 2. The van der Waals surface area contributed by atoms with E-state index in [9.17, 15) is 13.2 Å². The molecule has 152 valence electrons. The van der Waals surface area contributed by atoms with Crippen LogP contribution in [-0.2, 0) is 10.0 Å². The van der Waals surface area contributed by atoms with Gasteiger partial charge in [-0.1, -0.05) is 18.2 Å². The van der Waals surface area contributed by atoms with Crippen LogP contribution in [0, 0.1) is 6.92 Å². The Hall–Kier alpha value is -2.42. The molecule has 1 unspecified atom stereocenters. The molecule has 8 heteroatoms. The molecule has 7 nitrogen and oxygen atoms in total. The van der Waals surface area contributed by atoms with Crippen molar-refractivity contribution in [3.8, 4) is 5.75 Å². The van der Waals surface area contributed by atoms with Gasteiger partial charge in [-0.05, 0) is 63.5 Å². The highest BCUT2D eigenvalue weighted by Gasteiger charge is 2.19. The summed E-state index contributed by atoms with van der Waals surface area (Å²) in [5.41, 5.74) is 2.08. The molecule has 2 rings (SSSR count). The van der Waals surface area contributed by atoms with Gasteiger partial charge in [0, 0.05) is 12.1 Å². The molecular weight excluding hydrogens is 378 g/mol. The largest absolute Gasteiger partial charge is 0.497 e. The van der Waals surface area contributed by atoms with Gasteiger partial charge in [-0.25, -0.2) is 13.1 Å². The van der Waals surface area contributed by atoms with Crippen molar-refractivity contribution in [2.24, 2.45) is 0 Å². The highest BCUT2D eigenvalue weighted by atomic mass is 32.2. The summed E-state index contributed by atoms with van der Waals surface area (Å²) in [4.78, 5) is 14.8. The molecule has 2 N–H and O–H groups in total. The SMILES string of the molecule is CNS(=O)(=O)c1ccc(C)c(C(=O)NCC(c2ccc(OC)cc2)N(C)C)c1. The number of methoxy groups -OCH3 is 1. The average Bonchev–Trinajstić information content (AvgIpc) is 2.68. The second-order valence-electron chi connectivity index (χ2n) is 6.65. The standard InChI is InChI=1S/C20H27N3O4S/c1-14-6-11-17(28(25,26)21-2)12-18(14)20(24)22-13-19(23(3)4)15-7-9-16(27-5)10-8-15/h6-12,19,21H,13H2,1-5H3,(H,22,24). The summed E-state index contributed by atoms with van der Waals surface area (Å²) in [6, 6.07) is 12.1. The van der Waals surface area contributed by atoms with Gasteiger partial charge in [-0.2, -0.15) is 0 Å². The molecule has 28 heavy (non-hydrogen) atoms. The minimum Gasteiger partial charge on any atom is -0.497 e. The van der Waals surface area contributed by atoms with Crippen LogP contribution in [-0.4, -0.2) is 54.0 Å². The van der Waals surface area contributed by atoms with E-state index >= 15 is 0 Å². The van der Waals surface area contributed by atoms with Gasteiger partial charge in [-0.3, -0.25) is 4.79 Å². The van der Waals surface area contributed by atoms with Crippen molar-refractivity contribution in [1.29, 1.82) is 0 Å². The van der Waals surface area contributed by atoms with Crippen LogP contribution >= 0.6 is 0 Å². The summed E-state index contributed by atoms with van der Waals surface area (Å²) in [5, 5.41) is 2.92. The molecule has 0 heterocycles. The Bertz CT molecular complexity index is 925. The van der Waals surface area contributed by atoms with Gasteiger partial charge in [-0.15, -0.1) is 0 Å². The van der Waals surface area contributed by atoms with E-state index in [4.69, 9.17) is 4.74 Å². The first-order chi connectivity index (χ1) is 13.2. The molecular formula is C20H27N3O4S. The maximum absolute atomic E-state index is 12.7. The van der Waals surface area contributed by atoms with Gasteiger partial charge in [0.15, 0.2) is 0 Å². The average molecular weight is 406 g/mol. The maximum Gasteiger partial charge on any atom is 0.251 e. The molecule has 0 bridgehead atoms. The van der Waals surface area contributed by atoms with E-state index in [0.717, 1.165) is 11.3 Å². The van der Waals surface area contributed by atoms with E-state index in [1.165, 1.54) is 19.2 Å². The van der Waals surface area contributed by atoms with Crippen molar-refractivity contribution in [1.82, 2.24) is 14.9 Å². The molecule has 1 atom stereocenters. The van der Waals surface area contributed by atoms with Crippen molar-refractivity contribution >= 4 is 15.9 Å². The number of rotatable bonds is 8. The normalized spacial score (nSPS) is 12.6. The molecule has 0 aliphatic heterocycles. The summed E-state index contributed by atoms with van der Waals surface area (Å²) in [5.74, 6) is 0.453. The van der Waals surface area contributed by atoms with Crippen LogP contribution in [0.3, 0.4) is 0 Å². The van der Waals surface area contributed by atoms with Gasteiger partial charge in [0.1, 0.15) is 5.75 Å². The Labute approximate surface area is 166 Å². The molecule has 0 aliphatic carbocycles. The van der Waals surface area contributed by atoms with Gasteiger partial charge in [0.05, 0.1) is 18.0 Å². The molecule has 0 saturated heterocycles. The van der Waals surface area contributed by atoms with Crippen LogP contribution in [0.5, 0.6) is 5.75 Å². The Kier molecular flexibility index (Phi) is 7.17. The molecule has 2 aromatic carbocycles. The number of carbonyl (C=O) groups excluding carboxylic acids is 1. The highest BCUT2D eigenvalue weighted by Crippen LogP contribution is 2.21. The fraction of sp³-hybridized carbons (Fsp3) is 0.350. The number of hydrogen-bond acceptors (Lipinski definition) is 5. The van der Waals surface area contributed by atoms with E-state index in [0.29, 0.717) is 17.7 Å². The van der Waals surface area contributed by atoms with Crippen molar-refractivity contribution in [3.05, 3.63) is 59.2 Å². The number of aryl methyl sites for hydroxylation is 1. The van der Waals surface area contributed by atoms with Crippen LogP contribution < -0.4 is 14.8 Å². The van der Waals surface area contributed by atoms with Crippen molar-refractivity contribution < 1.29 is 17.9 Å². The highest BCUT2D eigenvalue weighted by molar-refractivity contribution is 7.89. The van der Waals surface area contributed by atoms with Crippen LogP contribution in [0.15, 0.2) is 47.4 Å². The Morgan fingerprint density at radius 2 is 1.79 bits per heavy atom. The predicted octanol–water partition coefficient (Wildman–Crippen LogP) is 1.94. The lowest BCUT2D eigenvalue weighted by Gasteiger charge is -2.25. The van der Waals surface area contributed by atoms with Gasteiger partial charge in [0.25, 0.3) is 5.91 Å². The lowest BCUT2D eigenvalue weighted by atomic mass is 10.0. The number of nitrogens with zero attached hydrogens (tertiary/aromatic N) is 1. The monoisotopic (exact) mass is 405 g/mol. The summed E-state index contributed by atoms with van der Waals surface area (Å²) in [6.45, 7) is 2.15. The molecule has 0 aliphatic rings. The Balaban J connectivity index is 2.20. The first-order valence-electron chi connectivity index (χ1n) is 8.82. The summed E-state index contributed by atoms with van der Waals surface area (Å²) in [7, 11) is 3.21. The summed E-state index contributed by atoms with van der Waals surface area (Å²) >= 11 is 0. The third kappa shape index (κ3) is 5.09. The van der Waals surface area contributed by atoms with E-state index in [-0.39, 0.29) is 16.8 Å². The lowest BCUT2D eigenvalue weighted by molar-refractivity contribution is 0.0941. The molecule has 0 saturated carbocycles. The van der Waals surface area contributed by atoms with E-state index in [1.807, 2.05) is 43.3 Å².